The van der Waals surface area contributed by atoms with Gasteiger partial charge in [0.1, 0.15) is 6.33 Å². The molecule has 0 fully saturated rings. The second-order valence-electron chi connectivity index (χ2n) is 2.82. The molecule has 0 unspecified atom stereocenters. The largest absolute Gasteiger partial charge is 0.429 e. The summed E-state index contributed by atoms with van der Waals surface area (Å²) in [6, 6.07) is 0. The molecule has 0 radical (unpaired) electrons. The first-order valence-electron chi connectivity index (χ1n) is 4.30. The molecular weight excluding hydrogens is 236 g/mol. The molecule has 0 atom stereocenters. The number of hydrogen-bond donors (Lipinski definition) is 0. The van der Waals surface area contributed by atoms with Crippen molar-refractivity contribution in [2.75, 3.05) is 6.26 Å². The van der Waals surface area contributed by atoms with E-state index in [2.05, 4.69) is 15.0 Å². The Morgan fingerprint density at radius 1 is 1.31 bits per heavy atom. The van der Waals surface area contributed by atoms with Gasteiger partial charge in [0.05, 0.1) is 5.56 Å². The van der Waals surface area contributed by atoms with Gasteiger partial charge in [-0.25, -0.2) is 23.7 Å². The third-order valence-corrected chi connectivity index (χ3v) is 2.48. The third kappa shape index (κ3) is 2.04. The van der Waals surface area contributed by atoms with E-state index < -0.39 is 6.43 Å². The number of alkyl halides is 2. The lowest BCUT2D eigenvalue weighted by Crippen LogP contribution is -1.87. The molecule has 0 amide bonds. The number of aromatic nitrogens is 3. The molecule has 0 aliphatic carbocycles. The topological polar surface area (TPSA) is 51.8 Å². The minimum Gasteiger partial charge on any atom is -0.429 e. The highest BCUT2D eigenvalue weighted by atomic mass is 32.2. The van der Waals surface area contributed by atoms with Gasteiger partial charge in [-0.15, -0.1) is 0 Å². The first-order valence-corrected chi connectivity index (χ1v) is 5.53. The van der Waals surface area contributed by atoms with Crippen LogP contribution in [-0.2, 0) is 0 Å². The second kappa shape index (κ2) is 4.56. The Morgan fingerprint density at radius 3 is 2.50 bits per heavy atom. The smallest absolute Gasteiger partial charge is 0.284 e. The van der Waals surface area contributed by atoms with Gasteiger partial charge in [-0.3, -0.25) is 0 Å². The van der Waals surface area contributed by atoms with Crippen LogP contribution in [0.15, 0.2) is 28.2 Å². The van der Waals surface area contributed by atoms with E-state index in [1.54, 1.807) is 6.26 Å². The summed E-state index contributed by atoms with van der Waals surface area (Å²) < 4.78 is 30.4. The number of nitrogens with zero attached hydrogens (tertiary/aromatic N) is 3. The molecule has 2 rings (SSSR count). The van der Waals surface area contributed by atoms with Gasteiger partial charge in [0.15, 0.2) is 10.8 Å². The number of rotatable bonds is 3. The van der Waals surface area contributed by atoms with Crippen LogP contribution in [0.1, 0.15) is 12.1 Å². The van der Waals surface area contributed by atoms with Crippen LogP contribution in [0.4, 0.5) is 8.78 Å². The van der Waals surface area contributed by atoms with Crippen molar-refractivity contribution < 1.29 is 13.2 Å². The lowest BCUT2D eigenvalue weighted by molar-refractivity contribution is 0.141. The molecule has 84 valence electrons. The molecule has 2 aromatic rings. The summed E-state index contributed by atoms with van der Waals surface area (Å²) in [5, 5.41) is 0.119. The minimum absolute atomic E-state index is 0.111. The Labute approximate surface area is 94.1 Å². The maximum atomic E-state index is 12.6. The van der Waals surface area contributed by atoms with Gasteiger partial charge < -0.3 is 4.42 Å². The number of hydrogen-bond acceptors (Lipinski definition) is 5. The summed E-state index contributed by atoms with van der Waals surface area (Å²) in [4.78, 5) is 11.3. The van der Waals surface area contributed by atoms with Crippen molar-refractivity contribution in [1.82, 2.24) is 15.0 Å². The van der Waals surface area contributed by atoms with Crippen LogP contribution in [0.3, 0.4) is 0 Å². The summed E-state index contributed by atoms with van der Waals surface area (Å²) in [6.07, 6.45) is 3.26. The Bertz CT molecular complexity index is 475. The summed E-state index contributed by atoms with van der Waals surface area (Å²) in [5.74, 6) is 0.111. The molecule has 7 heteroatoms. The van der Waals surface area contributed by atoms with E-state index >= 15 is 0 Å². The van der Waals surface area contributed by atoms with Gasteiger partial charge in [0.2, 0.25) is 5.89 Å². The standard InChI is InChI=1S/C9H7F2N3OS/c1-16-9-6(7(10)11)14-8(15-9)5-2-12-4-13-3-5/h2-4,7H,1H3. The van der Waals surface area contributed by atoms with Gasteiger partial charge in [-0.2, -0.15) is 0 Å². The normalized spacial score (nSPS) is 11.0. The third-order valence-electron chi connectivity index (χ3n) is 1.82. The molecule has 16 heavy (non-hydrogen) atoms. The maximum absolute atomic E-state index is 12.6. The van der Waals surface area contributed by atoms with Crippen LogP contribution >= 0.6 is 11.8 Å². The van der Waals surface area contributed by atoms with Gasteiger partial charge in [0.25, 0.3) is 6.43 Å². The first-order chi connectivity index (χ1) is 7.72. The van der Waals surface area contributed by atoms with Crippen molar-refractivity contribution in [3.05, 3.63) is 24.4 Å². The monoisotopic (exact) mass is 243 g/mol. The Kier molecular flexibility index (Phi) is 3.14. The zero-order valence-corrected chi connectivity index (χ0v) is 9.04. The van der Waals surface area contributed by atoms with Crippen LogP contribution in [0.5, 0.6) is 0 Å². The summed E-state index contributed by atoms with van der Waals surface area (Å²) >= 11 is 1.09. The highest BCUT2D eigenvalue weighted by Gasteiger charge is 2.21. The fourth-order valence-electron chi connectivity index (χ4n) is 1.14. The van der Waals surface area contributed by atoms with Crippen LogP contribution in [0, 0.1) is 0 Å². The van der Waals surface area contributed by atoms with Gasteiger partial charge >= 0.3 is 0 Å². The van der Waals surface area contributed by atoms with Gasteiger partial charge in [-0.05, 0) is 6.26 Å². The average Bonchev–Trinajstić information content (AvgIpc) is 2.74. The first kappa shape index (κ1) is 11.0. The zero-order chi connectivity index (χ0) is 11.5. The Balaban J connectivity index is 2.44. The molecule has 0 aromatic carbocycles. The van der Waals surface area contributed by atoms with E-state index in [0.717, 1.165) is 11.8 Å². The molecule has 4 nitrogen and oxygen atoms in total. The number of thioether (sulfide) groups is 1. The summed E-state index contributed by atoms with van der Waals surface area (Å²) in [5.41, 5.74) is 0.135. The van der Waals surface area contributed by atoms with Crippen molar-refractivity contribution >= 4 is 11.8 Å². The van der Waals surface area contributed by atoms with E-state index in [0.29, 0.717) is 5.56 Å². The lowest BCUT2D eigenvalue weighted by atomic mass is 10.3. The number of oxazole rings is 1. The molecule has 2 aromatic heterocycles. The molecule has 0 spiro atoms. The fraction of sp³-hybridized carbons (Fsp3) is 0.222. The molecule has 2 heterocycles. The summed E-state index contributed by atoms with van der Waals surface area (Å²) in [6.45, 7) is 0. The highest BCUT2D eigenvalue weighted by Crippen LogP contribution is 2.32. The Hall–Kier alpha value is -1.50. The van der Waals surface area contributed by atoms with Crippen molar-refractivity contribution in [3.63, 3.8) is 0 Å². The van der Waals surface area contributed by atoms with E-state index in [4.69, 9.17) is 4.42 Å². The lowest BCUT2D eigenvalue weighted by Gasteiger charge is -1.92. The van der Waals surface area contributed by atoms with E-state index in [9.17, 15) is 8.78 Å². The van der Waals surface area contributed by atoms with E-state index in [1.165, 1.54) is 18.7 Å². The number of halogens is 2. The highest BCUT2D eigenvalue weighted by molar-refractivity contribution is 7.98. The molecule has 0 N–H and O–H groups in total. The van der Waals surface area contributed by atoms with Gasteiger partial charge in [-0.1, -0.05) is 11.8 Å². The van der Waals surface area contributed by atoms with Crippen molar-refractivity contribution in [1.29, 1.82) is 0 Å². The molecule has 0 aliphatic heterocycles. The molecule has 0 aliphatic rings. The second-order valence-corrected chi connectivity index (χ2v) is 3.60. The van der Waals surface area contributed by atoms with Gasteiger partial charge in [0, 0.05) is 12.4 Å². The quantitative estimate of drug-likeness (QED) is 0.776. The van der Waals surface area contributed by atoms with E-state index in [-0.39, 0.29) is 16.7 Å². The van der Waals surface area contributed by atoms with E-state index in [1.807, 2.05) is 0 Å². The molecule has 0 bridgehead atoms. The van der Waals surface area contributed by atoms with Crippen molar-refractivity contribution in [2.24, 2.45) is 0 Å². The summed E-state index contributed by atoms with van der Waals surface area (Å²) in [7, 11) is 0. The van der Waals surface area contributed by atoms with Crippen molar-refractivity contribution in [2.45, 2.75) is 11.5 Å². The predicted molar refractivity (Wildman–Crippen MR) is 54.3 cm³/mol. The van der Waals surface area contributed by atoms with Crippen molar-refractivity contribution in [3.8, 4) is 11.5 Å². The van der Waals surface area contributed by atoms with Crippen LogP contribution in [0.25, 0.3) is 11.5 Å². The maximum Gasteiger partial charge on any atom is 0.284 e. The SMILES string of the molecule is CSc1oc(-c2cncnc2)nc1C(F)F. The Morgan fingerprint density at radius 2 is 2.00 bits per heavy atom. The predicted octanol–water partition coefficient (Wildman–Crippen LogP) is 2.79. The minimum atomic E-state index is -2.65. The zero-order valence-electron chi connectivity index (χ0n) is 8.22. The van der Waals surface area contributed by atoms with Crippen LogP contribution in [-0.4, -0.2) is 21.2 Å². The molecule has 0 saturated carbocycles. The molecule has 0 saturated heterocycles. The average molecular weight is 243 g/mol. The van der Waals surface area contributed by atoms with Crippen LogP contribution < -0.4 is 0 Å². The fourth-order valence-corrected chi connectivity index (χ4v) is 1.64. The molecular formula is C9H7F2N3OS. The van der Waals surface area contributed by atoms with Crippen LogP contribution in [0.2, 0.25) is 0 Å².